The van der Waals surface area contributed by atoms with E-state index >= 15 is 0 Å². The Hall–Kier alpha value is -2.20. The Bertz CT molecular complexity index is 1140. The van der Waals surface area contributed by atoms with Crippen LogP contribution in [0.4, 0.5) is 0 Å². The van der Waals surface area contributed by atoms with Gasteiger partial charge in [-0.1, -0.05) is 187 Å². The van der Waals surface area contributed by atoms with Crippen molar-refractivity contribution < 1.29 is 14.3 Å². The van der Waals surface area contributed by atoms with Gasteiger partial charge in [-0.05, 0) is 73.1 Å². The summed E-state index contributed by atoms with van der Waals surface area (Å²) in [6, 6.07) is 14.1. The zero-order valence-corrected chi connectivity index (χ0v) is 34.9. The second-order valence-corrected chi connectivity index (χ2v) is 16.1. The molecule has 0 saturated carbocycles. The fourth-order valence-electron chi connectivity index (χ4n) is 6.67. The largest absolute Gasteiger partial charge is 0.490 e. The van der Waals surface area contributed by atoms with Crippen molar-refractivity contribution in [3.8, 4) is 11.5 Å². The van der Waals surface area contributed by atoms with E-state index in [-0.39, 0.29) is 5.78 Å². The van der Waals surface area contributed by atoms with Gasteiger partial charge in [-0.3, -0.25) is 4.79 Å². The minimum atomic E-state index is 0.0178. The first-order valence-corrected chi connectivity index (χ1v) is 23.0. The highest BCUT2D eigenvalue weighted by molar-refractivity contribution is 7.99. The minimum absolute atomic E-state index is 0.0178. The molecule has 2 aromatic rings. The molecule has 0 fully saturated rings. The van der Waals surface area contributed by atoms with Gasteiger partial charge in [0.1, 0.15) is 0 Å². The van der Waals surface area contributed by atoms with Gasteiger partial charge < -0.3 is 9.47 Å². The van der Waals surface area contributed by atoms with Crippen molar-refractivity contribution in [2.45, 2.75) is 199 Å². The molecule has 2 rings (SSSR count). The molecule has 0 bridgehead atoms. The molecule has 0 atom stereocenters. The summed E-state index contributed by atoms with van der Waals surface area (Å²) in [5.74, 6) is 2.72. The SMILES string of the molecule is CCCCCCCCCCCCCCCOc1ccc(C=CC(=O)c2ccc(SCCC)cc2)cc1OCCCCCCCCCCCCCCC. The third-order valence-corrected chi connectivity index (χ3v) is 11.2. The van der Waals surface area contributed by atoms with Crippen LogP contribution in [0.3, 0.4) is 0 Å². The molecule has 4 heteroatoms. The van der Waals surface area contributed by atoms with Crippen molar-refractivity contribution >= 4 is 23.6 Å². The Morgan fingerprint density at radius 3 is 1.37 bits per heavy atom. The Kier molecular flexibility index (Phi) is 29.5. The second kappa shape index (κ2) is 33.4. The quantitative estimate of drug-likeness (QED) is 0.0302. The molecule has 0 radical (unpaired) electrons. The van der Waals surface area contributed by atoms with E-state index in [4.69, 9.17) is 9.47 Å². The molecule has 0 aliphatic heterocycles. The van der Waals surface area contributed by atoms with E-state index in [2.05, 4.69) is 20.8 Å². The zero-order chi connectivity index (χ0) is 37.2. The highest BCUT2D eigenvalue weighted by atomic mass is 32.2. The Morgan fingerprint density at radius 2 is 0.923 bits per heavy atom. The molecule has 294 valence electrons. The Morgan fingerprint density at radius 1 is 0.500 bits per heavy atom. The lowest BCUT2D eigenvalue weighted by molar-refractivity contribution is 0.104. The molecule has 0 N–H and O–H groups in total. The number of carbonyl (C=O) groups excluding carboxylic acids is 1. The van der Waals surface area contributed by atoms with E-state index in [0.29, 0.717) is 18.8 Å². The second-order valence-electron chi connectivity index (χ2n) is 15.0. The van der Waals surface area contributed by atoms with Crippen molar-refractivity contribution in [3.63, 3.8) is 0 Å². The van der Waals surface area contributed by atoms with Crippen LogP contribution in [-0.4, -0.2) is 24.7 Å². The molecule has 3 nitrogen and oxygen atoms in total. The summed E-state index contributed by atoms with van der Waals surface area (Å²) in [4.78, 5) is 14.1. The fourth-order valence-corrected chi connectivity index (χ4v) is 7.44. The van der Waals surface area contributed by atoms with Gasteiger partial charge in [0.2, 0.25) is 0 Å². The lowest BCUT2D eigenvalue weighted by Gasteiger charge is -2.14. The highest BCUT2D eigenvalue weighted by Gasteiger charge is 2.08. The van der Waals surface area contributed by atoms with E-state index in [0.717, 1.165) is 42.1 Å². The number of ketones is 1. The van der Waals surface area contributed by atoms with E-state index in [1.165, 1.54) is 159 Å². The molecule has 0 heterocycles. The maximum absolute atomic E-state index is 12.9. The minimum Gasteiger partial charge on any atom is -0.490 e. The van der Waals surface area contributed by atoms with E-state index < -0.39 is 0 Å². The summed E-state index contributed by atoms with van der Waals surface area (Å²) in [6.45, 7) is 8.17. The maximum atomic E-state index is 12.9. The number of ether oxygens (including phenoxy) is 2. The van der Waals surface area contributed by atoms with Gasteiger partial charge in [0.25, 0.3) is 0 Å². The van der Waals surface area contributed by atoms with Gasteiger partial charge >= 0.3 is 0 Å². The van der Waals surface area contributed by atoms with E-state index in [1.807, 2.05) is 60.3 Å². The van der Waals surface area contributed by atoms with Crippen molar-refractivity contribution in [3.05, 3.63) is 59.7 Å². The van der Waals surface area contributed by atoms with Crippen LogP contribution in [0.15, 0.2) is 53.4 Å². The van der Waals surface area contributed by atoms with Crippen molar-refractivity contribution in [1.29, 1.82) is 0 Å². The standard InChI is InChI=1S/C48H78O3S/c1-4-7-9-11-13-15-17-19-21-23-25-27-29-39-50-47-38-32-43(31-37-46(49)44-33-35-45(36-34-44)52-41-6-3)42-48(47)51-40-30-28-26-24-22-20-18-16-14-12-10-8-5-2/h31-38,42H,4-30,39-41H2,1-3H3. The molecular formula is C48H78O3S. The molecule has 0 aromatic heterocycles. The zero-order valence-electron chi connectivity index (χ0n) is 34.0. The smallest absolute Gasteiger partial charge is 0.185 e. The van der Waals surface area contributed by atoms with Crippen LogP contribution in [-0.2, 0) is 0 Å². The van der Waals surface area contributed by atoms with E-state index in [9.17, 15) is 4.79 Å². The predicted octanol–water partition coefficient (Wildman–Crippen LogP) is 16.0. The molecule has 52 heavy (non-hydrogen) atoms. The van der Waals surface area contributed by atoms with Gasteiger partial charge in [-0.15, -0.1) is 11.8 Å². The summed E-state index contributed by atoms with van der Waals surface area (Å²) in [5, 5.41) is 0. The summed E-state index contributed by atoms with van der Waals surface area (Å²) in [6.07, 6.45) is 39.6. The summed E-state index contributed by atoms with van der Waals surface area (Å²) >= 11 is 1.83. The number of carbonyl (C=O) groups is 1. The maximum Gasteiger partial charge on any atom is 0.185 e. The van der Waals surface area contributed by atoms with Crippen LogP contribution >= 0.6 is 11.8 Å². The van der Waals surface area contributed by atoms with Gasteiger partial charge in [-0.2, -0.15) is 0 Å². The molecule has 0 aliphatic carbocycles. The van der Waals surface area contributed by atoms with Crippen LogP contribution in [0.1, 0.15) is 210 Å². The lowest BCUT2D eigenvalue weighted by Crippen LogP contribution is -2.03. The number of hydrogen-bond acceptors (Lipinski definition) is 4. The normalized spacial score (nSPS) is 11.4. The predicted molar refractivity (Wildman–Crippen MR) is 230 cm³/mol. The summed E-state index contributed by atoms with van der Waals surface area (Å²) in [7, 11) is 0. The van der Waals surface area contributed by atoms with Crippen LogP contribution < -0.4 is 9.47 Å². The monoisotopic (exact) mass is 735 g/mol. The first-order chi connectivity index (χ1) is 25.7. The van der Waals surface area contributed by atoms with Crippen LogP contribution in [0, 0.1) is 0 Å². The first kappa shape index (κ1) is 46.0. The Labute approximate surface area is 325 Å². The molecule has 0 amide bonds. The Balaban J connectivity index is 1.76. The average molecular weight is 735 g/mol. The van der Waals surface area contributed by atoms with Gasteiger partial charge in [0.15, 0.2) is 17.3 Å². The molecule has 0 spiro atoms. The third-order valence-electron chi connectivity index (χ3n) is 10.0. The molecular weight excluding hydrogens is 657 g/mol. The lowest BCUT2D eigenvalue weighted by atomic mass is 10.0. The van der Waals surface area contributed by atoms with Crippen molar-refractivity contribution in [2.24, 2.45) is 0 Å². The van der Waals surface area contributed by atoms with Gasteiger partial charge in [0, 0.05) is 10.5 Å². The molecule has 0 saturated heterocycles. The van der Waals surface area contributed by atoms with Gasteiger partial charge in [0.05, 0.1) is 13.2 Å². The molecule has 0 unspecified atom stereocenters. The van der Waals surface area contributed by atoms with Crippen LogP contribution in [0.5, 0.6) is 11.5 Å². The number of allylic oxidation sites excluding steroid dienone is 1. The number of hydrogen-bond donors (Lipinski definition) is 0. The number of rotatable bonds is 36. The van der Waals surface area contributed by atoms with Crippen molar-refractivity contribution in [1.82, 2.24) is 0 Å². The molecule has 2 aromatic carbocycles. The summed E-state index contributed by atoms with van der Waals surface area (Å²) < 4.78 is 12.6. The topological polar surface area (TPSA) is 35.5 Å². The first-order valence-electron chi connectivity index (χ1n) is 22.0. The van der Waals surface area contributed by atoms with Crippen LogP contribution in [0.25, 0.3) is 6.08 Å². The summed E-state index contributed by atoms with van der Waals surface area (Å²) in [5.41, 5.74) is 1.67. The van der Waals surface area contributed by atoms with Crippen molar-refractivity contribution in [2.75, 3.05) is 19.0 Å². The number of benzene rings is 2. The van der Waals surface area contributed by atoms with Crippen LogP contribution in [0.2, 0.25) is 0 Å². The van der Waals surface area contributed by atoms with E-state index in [1.54, 1.807) is 6.08 Å². The fraction of sp³-hybridized carbons (Fsp3) is 0.688. The highest BCUT2D eigenvalue weighted by Crippen LogP contribution is 2.30. The number of thioether (sulfide) groups is 1. The average Bonchev–Trinajstić information content (AvgIpc) is 3.17. The molecule has 0 aliphatic rings. The third kappa shape index (κ3) is 24.2. The number of unbranched alkanes of at least 4 members (excludes halogenated alkanes) is 24. The van der Waals surface area contributed by atoms with Gasteiger partial charge in [-0.25, -0.2) is 0 Å².